The van der Waals surface area contributed by atoms with Gasteiger partial charge in [0.1, 0.15) is 5.01 Å². The number of esters is 1. The summed E-state index contributed by atoms with van der Waals surface area (Å²) in [6.45, 7) is 2.20. The van der Waals surface area contributed by atoms with Gasteiger partial charge in [-0.2, -0.15) is 0 Å². The van der Waals surface area contributed by atoms with Gasteiger partial charge in [0, 0.05) is 17.1 Å². The average Bonchev–Trinajstić information content (AvgIpc) is 3.12. The van der Waals surface area contributed by atoms with Crippen molar-refractivity contribution in [3.63, 3.8) is 0 Å². The highest BCUT2D eigenvalue weighted by Gasteiger charge is 2.23. The Labute approximate surface area is 171 Å². The molecule has 0 unspecified atom stereocenters. The molecule has 144 valence electrons. The van der Waals surface area contributed by atoms with Crippen LogP contribution in [-0.4, -0.2) is 23.7 Å². The number of carbonyl (C=O) groups excluding carboxylic acids is 2. The minimum Gasteiger partial charge on any atom is -0.462 e. The molecule has 0 aliphatic heterocycles. The number of hydrogen-bond donors (Lipinski definition) is 1. The molecular weight excluding hydrogens is 400 g/mol. The van der Waals surface area contributed by atoms with Gasteiger partial charge in [-0.3, -0.25) is 0 Å². The van der Waals surface area contributed by atoms with Gasteiger partial charge in [0.15, 0.2) is 4.88 Å². The van der Waals surface area contributed by atoms with E-state index < -0.39 is 12.1 Å². The van der Waals surface area contributed by atoms with Crippen LogP contribution in [0.1, 0.15) is 22.2 Å². The number of rotatable bonds is 6. The highest BCUT2D eigenvalue weighted by Crippen LogP contribution is 2.33. The molecule has 0 spiro atoms. The van der Waals surface area contributed by atoms with Crippen LogP contribution in [0.15, 0.2) is 54.6 Å². The molecule has 8 heteroatoms. The zero-order valence-electron chi connectivity index (χ0n) is 15.0. The predicted octanol–water partition coefficient (Wildman–Crippen LogP) is 4.93. The largest absolute Gasteiger partial charge is 0.462 e. The number of halogens is 1. The molecule has 1 heterocycles. The van der Waals surface area contributed by atoms with E-state index in [0.717, 1.165) is 22.5 Å². The molecule has 3 aromatic rings. The third kappa shape index (κ3) is 5.09. The Kier molecular flexibility index (Phi) is 6.62. The molecule has 0 aliphatic carbocycles. The van der Waals surface area contributed by atoms with E-state index in [-0.39, 0.29) is 17.4 Å². The van der Waals surface area contributed by atoms with Crippen molar-refractivity contribution in [2.45, 2.75) is 13.5 Å². The number of thiazole rings is 1. The van der Waals surface area contributed by atoms with Crippen LogP contribution < -0.4 is 10.1 Å². The Hall–Kier alpha value is -2.90. The molecule has 2 aromatic carbocycles. The van der Waals surface area contributed by atoms with E-state index in [1.165, 1.54) is 0 Å². The van der Waals surface area contributed by atoms with E-state index >= 15 is 0 Å². The van der Waals surface area contributed by atoms with Crippen molar-refractivity contribution < 1.29 is 19.1 Å². The summed E-state index contributed by atoms with van der Waals surface area (Å²) in [4.78, 5) is 28.8. The highest BCUT2D eigenvalue weighted by molar-refractivity contribution is 7.17. The lowest BCUT2D eigenvalue weighted by Crippen LogP contribution is -2.27. The van der Waals surface area contributed by atoms with Gasteiger partial charge in [-0.1, -0.05) is 54.1 Å². The van der Waals surface area contributed by atoms with Gasteiger partial charge in [0.25, 0.3) is 5.88 Å². The van der Waals surface area contributed by atoms with Crippen molar-refractivity contribution in [3.8, 4) is 16.5 Å². The van der Waals surface area contributed by atoms with Crippen LogP contribution in [0.2, 0.25) is 5.02 Å². The summed E-state index contributed by atoms with van der Waals surface area (Å²) in [6.07, 6.45) is -0.706. The Morgan fingerprint density at radius 3 is 2.50 bits per heavy atom. The highest BCUT2D eigenvalue weighted by atomic mass is 35.5. The lowest BCUT2D eigenvalue weighted by atomic mass is 10.2. The SMILES string of the molecule is CCOC(=O)c1sc(-c2ccc(Cl)cc2)nc1OC(=O)NCc1ccccc1. The Morgan fingerprint density at radius 2 is 1.82 bits per heavy atom. The first-order valence-electron chi connectivity index (χ1n) is 8.50. The Morgan fingerprint density at radius 1 is 1.11 bits per heavy atom. The second-order valence-electron chi connectivity index (χ2n) is 5.61. The quantitative estimate of drug-likeness (QED) is 0.576. The fourth-order valence-corrected chi connectivity index (χ4v) is 3.33. The molecule has 0 fully saturated rings. The minimum absolute atomic E-state index is 0.0843. The standard InChI is InChI=1S/C20H17ClN2O4S/c1-2-26-19(24)16-17(23-18(28-16)14-8-10-15(21)11-9-14)27-20(25)22-12-13-6-4-3-5-7-13/h3-11H,2,12H2,1H3,(H,22,25). The van der Waals surface area contributed by atoms with E-state index in [2.05, 4.69) is 10.3 Å². The van der Waals surface area contributed by atoms with Crippen LogP contribution in [0.25, 0.3) is 10.6 Å². The summed E-state index contributed by atoms with van der Waals surface area (Å²) in [6, 6.07) is 16.4. The number of aromatic nitrogens is 1. The van der Waals surface area contributed by atoms with Gasteiger partial charge in [-0.15, -0.1) is 11.3 Å². The van der Waals surface area contributed by atoms with Crippen molar-refractivity contribution in [3.05, 3.63) is 70.1 Å². The van der Waals surface area contributed by atoms with Crippen LogP contribution >= 0.6 is 22.9 Å². The van der Waals surface area contributed by atoms with Crippen molar-refractivity contribution in [1.82, 2.24) is 10.3 Å². The zero-order chi connectivity index (χ0) is 19.9. The van der Waals surface area contributed by atoms with Gasteiger partial charge in [-0.05, 0) is 24.6 Å². The number of nitrogens with zero attached hydrogens (tertiary/aromatic N) is 1. The summed E-state index contributed by atoms with van der Waals surface area (Å²) in [5.41, 5.74) is 1.67. The van der Waals surface area contributed by atoms with Crippen molar-refractivity contribution in [1.29, 1.82) is 0 Å². The van der Waals surface area contributed by atoms with Gasteiger partial charge in [0.2, 0.25) is 0 Å². The third-order valence-electron chi connectivity index (χ3n) is 3.62. The van der Waals surface area contributed by atoms with Crippen molar-refractivity contribution in [2.75, 3.05) is 6.61 Å². The molecule has 0 atom stereocenters. The fraction of sp³-hybridized carbons (Fsp3) is 0.150. The number of hydrogen-bond acceptors (Lipinski definition) is 6. The normalized spacial score (nSPS) is 10.4. The lowest BCUT2D eigenvalue weighted by molar-refractivity contribution is 0.0529. The van der Waals surface area contributed by atoms with E-state index in [9.17, 15) is 9.59 Å². The molecule has 0 radical (unpaired) electrons. The molecule has 0 aliphatic rings. The summed E-state index contributed by atoms with van der Waals surface area (Å²) >= 11 is 7.00. The molecule has 6 nitrogen and oxygen atoms in total. The third-order valence-corrected chi connectivity index (χ3v) is 4.93. The maximum atomic E-state index is 12.2. The number of ether oxygens (including phenoxy) is 2. The van der Waals surface area contributed by atoms with Gasteiger partial charge in [0.05, 0.1) is 6.61 Å². The lowest BCUT2D eigenvalue weighted by Gasteiger charge is -2.06. The number of nitrogens with one attached hydrogen (secondary N) is 1. The monoisotopic (exact) mass is 416 g/mol. The molecule has 28 heavy (non-hydrogen) atoms. The molecule has 1 N–H and O–H groups in total. The summed E-state index contributed by atoms with van der Waals surface area (Å²) < 4.78 is 10.3. The molecule has 0 saturated heterocycles. The van der Waals surface area contributed by atoms with Crippen molar-refractivity contribution >= 4 is 35.0 Å². The molecule has 0 bridgehead atoms. The number of benzene rings is 2. The summed E-state index contributed by atoms with van der Waals surface area (Å²) in [5.74, 6) is -0.676. The van der Waals surface area contributed by atoms with E-state index in [4.69, 9.17) is 21.1 Å². The summed E-state index contributed by atoms with van der Waals surface area (Å²) in [5, 5.41) is 3.74. The van der Waals surface area contributed by atoms with Crippen LogP contribution in [0.5, 0.6) is 5.88 Å². The zero-order valence-corrected chi connectivity index (χ0v) is 16.5. The fourth-order valence-electron chi connectivity index (χ4n) is 2.31. The molecule has 1 aromatic heterocycles. The van der Waals surface area contributed by atoms with E-state index in [1.54, 1.807) is 31.2 Å². The minimum atomic E-state index is -0.706. The van der Waals surface area contributed by atoms with Gasteiger partial charge in [-0.25, -0.2) is 14.6 Å². The van der Waals surface area contributed by atoms with Crippen molar-refractivity contribution in [2.24, 2.45) is 0 Å². The number of carbonyl (C=O) groups is 2. The van der Waals surface area contributed by atoms with Crippen LogP contribution in [0, 0.1) is 0 Å². The molecular formula is C20H17ClN2O4S. The van der Waals surface area contributed by atoms with Gasteiger partial charge >= 0.3 is 12.1 Å². The molecule has 3 rings (SSSR count). The van der Waals surface area contributed by atoms with E-state index in [1.807, 2.05) is 30.3 Å². The smallest absolute Gasteiger partial charge is 0.414 e. The topological polar surface area (TPSA) is 77.5 Å². The summed E-state index contributed by atoms with van der Waals surface area (Å²) in [7, 11) is 0. The predicted molar refractivity (Wildman–Crippen MR) is 108 cm³/mol. The second kappa shape index (κ2) is 9.34. The van der Waals surface area contributed by atoms with Crippen LogP contribution in [0.3, 0.4) is 0 Å². The van der Waals surface area contributed by atoms with Gasteiger partial charge < -0.3 is 14.8 Å². The molecule has 0 saturated carbocycles. The Bertz CT molecular complexity index is 958. The second-order valence-corrected chi connectivity index (χ2v) is 7.04. The molecule has 1 amide bonds. The van der Waals surface area contributed by atoms with Crippen LogP contribution in [-0.2, 0) is 11.3 Å². The first-order chi connectivity index (χ1) is 13.6. The van der Waals surface area contributed by atoms with E-state index in [0.29, 0.717) is 16.6 Å². The Balaban J connectivity index is 1.78. The maximum Gasteiger partial charge on any atom is 0.414 e. The number of amides is 1. The first-order valence-corrected chi connectivity index (χ1v) is 9.69. The average molecular weight is 417 g/mol. The first kappa shape index (κ1) is 19.9. The maximum absolute atomic E-state index is 12.2. The van der Waals surface area contributed by atoms with Crippen LogP contribution in [0.4, 0.5) is 4.79 Å².